The second kappa shape index (κ2) is 4.93. The van der Waals surface area contributed by atoms with Crippen molar-refractivity contribution in [3.63, 3.8) is 0 Å². The topological polar surface area (TPSA) is 38.7 Å². The number of hydrogen-bond donors (Lipinski definition) is 1. The van der Waals surface area contributed by atoms with E-state index < -0.39 is 18.3 Å². The molecule has 1 rings (SSSR count). The van der Waals surface area contributed by atoms with E-state index in [1.165, 1.54) is 7.11 Å². The van der Waals surface area contributed by atoms with Crippen molar-refractivity contribution in [1.82, 2.24) is 0 Å². The summed E-state index contributed by atoms with van der Waals surface area (Å²) >= 11 is 0. The van der Waals surface area contributed by atoms with Crippen LogP contribution in [0.25, 0.3) is 0 Å². The van der Waals surface area contributed by atoms with Crippen LogP contribution in [0.1, 0.15) is 6.42 Å². The molecule has 75 valence electrons. The van der Waals surface area contributed by atoms with Gasteiger partial charge in [0.25, 0.3) is 0 Å². The van der Waals surface area contributed by atoms with Crippen molar-refractivity contribution in [2.75, 3.05) is 13.7 Å². The van der Waals surface area contributed by atoms with Gasteiger partial charge in [-0.15, -0.1) is 0 Å². The molecule has 13 heavy (non-hydrogen) atoms. The maximum Gasteiger partial charge on any atom is 0.150 e. The Morgan fingerprint density at radius 3 is 2.77 bits per heavy atom. The second-order valence-electron chi connectivity index (χ2n) is 3.13. The Balaban J connectivity index is 2.55. The van der Waals surface area contributed by atoms with Crippen LogP contribution in [0.2, 0.25) is 6.82 Å². The summed E-state index contributed by atoms with van der Waals surface area (Å²) in [6.07, 6.45) is -1.57. The minimum Gasteiger partial charge on any atom is -0.396 e. The minimum absolute atomic E-state index is 0.00627. The Morgan fingerprint density at radius 1 is 1.62 bits per heavy atom. The highest BCUT2D eigenvalue weighted by Gasteiger charge is 2.43. The minimum atomic E-state index is -1.12. The van der Waals surface area contributed by atoms with Crippen LogP contribution in [0.4, 0.5) is 4.39 Å². The highest BCUT2D eigenvalue weighted by atomic mass is 19.1. The van der Waals surface area contributed by atoms with Crippen LogP contribution in [0, 0.1) is 0 Å². The summed E-state index contributed by atoms with van der Waals surface area (Å²) in [6.45, 7) is 1.75. The average molecular weight is 189 g/mol. The lowest BCUT2D eigenvalue weighted by molar-refractivity contribution is -0.00862. The molecule has 1 aliphatic heterocycles. The third-order valence-corrected chi connectivity index (χ3v) is 2.34. The van der Waals surface area contributed by atoms with Crippen LogP contribution in [-0.2, 0) is 9.47 Å². The molecular weight excluding hydrogens is 174 g/mol. The van der Waals surface area contributed by atoms with E-state index in [9.17, 15) is 4.39 Å². The van der Waals surface area contributed by atoms with E-state index in [1.54, 1.807) is 14.1 Å². The molecule has 0 saturated carbocycles. The lowest BCUT2D eigenvalue weighted by Gasteiger charge is -2.16. The fraction of sp³-hybridized carbons (Fsp3) is 1.00. The number of aliphatic hydroxyl groups excluding tert-OH is 1. The second-order valence-corrected chi connectivity index (χ2v) is 3.13. The normalized spacial score (nSPS) is 39.4. The Labute approximate surface area is 78.5 Å². The average Bonchev–Trinajstić information content (AvgIpc) is 2.43. The summed E-state index contributed by atoms with van der Waals surface area (Å²) in [5.41, 5.74) is 0. The summed E-state index contributed by atoms with van der Waals surface area (Å²) in [5.74, 6) is 0. The molecule has 1 unspecified atom stereocenters. The highest BCUT2D eigenvalue weighted by molar-refractivity contribution is 6.35. The predicted molar refractivity (Wildman–Crippen MR) is 47.7 cm³/mol. The molecule has 1 radical (unpaired) electrons. The van der Waals surface area contributed by atoms with Crippen molar-refractivity contribution in [1.29, 1.82) is 0 Å². The van der Waals surface area contributed by atoms with Crippen LogP contribution in [0.15, 0.2) is 0 Å². The van der Waals surface area contributed by atoms with Crippen molar-refractivity contribution in [3.8, 4) is 0 Å². The number of aliphatic hydroxyl groups is 1. The Hall–Kier alpha value is -0.125. The van der Waals surface area contributed by atoms with E-state index in [0.717, 1.165) is 0 Å². The number of rotatable bonds is 4. The van der Waals surface area contributed by atoms with Gasteiger partial charge in [0.2, 0.25) is 0 Å². The lowest BCUT2D eigenvalue weighted by atomic mass is 9.72. The quantitative estimate of drug-likeness (QED) is 0.642. The van der Waals surface area contributed by atoms with E-state index in [-0.39, 0.29) is 12.7 Å². The molecule has 0 amide bonds. The predicted octanol–water partition coefficient (Wildman–Crippen LogP) is 0.199. The van der Waals surface area contributed by atoms with Gasteiger partial charge in [-0.2, -0.15) is 0 Å². The van der Waals surface area contributed by atoms with Gasteiger partial charge in [0.05, 0.1) is 12.1 Å². The Bertz CT molecular complexity index is 158. The number of alkyl halides is 1. The molecule has 4 atom stereocenters. The molecule has 1 fully saturated rings. The van der Waals surface area contributed by atoms with E-state index in [1.807, 2.05) is 0 Å². The van der Waals surface area contributed by atoms with Crippen LogP contribution in [0.5, 0.6) is 0 Å². The Morgan fingerprint density at radius 2 is 2.31 bits per heavy atom. The zero-order valence-corrected chi connectivity index (χ0v) is 7.94. The van der Waals surface area contributed by atoms with Gasteiger partial charge in [-0.25, -0.2) is 4.39 Å². The van der Waals surface area contributed by atoms with Gasteiger partial charge in [-0.1, -0.05) is 6.82 Å². The molecule has 0 aromatic heterocycles. The summed E-state index contributed by atoms with van der Waals surface area (Å²) < 4.78 is 23.8. The van der Waals surface area contributed by atoms with Gasteiger partial charge in [-0.05, 0) is 6.42 Å². The fourth-order valence-corrected chi connectivity index (χ4v) is 1.65. The first-order valence-corrected chi connectivity index (χ1v) is 4.47. The first kappa shape index (κ1) is 11.0. The van der Waals surface area contributed by atoms with Gasteiger partial charge in [0, 0.05) is 13.7 Å². The van der Waals surface area contributed by atoms with Crippen LogP contribution < -0.4 is 0 Å². The maximum absolute atomic E-state index is 13.5. The van der Waals surface area contributed by atoms with Crippen molar-refractivity contribution in [3.05, 3.63) is 0 Å². The zero-order chi connectivity index (χ0) is 9.84. The lowest BCUT2D eigenvalue weighted by Crippen LogP contribution is -2.32. The molecule has 5 heteroatoms. The van der Waals surface area contributed by atoms with Gasteiger partial charge >= 0.3 is 0 Å². The highest BCUT2D eigenvalue weighted by Crippen LogP contribution is 2.27. The van der Waals surface area contributed by atoms with Crippen molar-refractivity contribution < 1.29 is 19.0 Å². The van der Waals surface area contributed by atoms with Crippen LogP contribution in [0.3, 0.4) is 0 Å². The molecule has 0 spiro atoms. The zero-order valence-electron chi connectivity index (χ0n) is 7.94. The number of halogens is 1. The van der Waals surface area contributed by atoms with E-state index in [0.29, 0.717) is 6.42 Å². The van der Waals surface area contributed by atoms with Crippen molar-refractivity contribution in [2.24, 2.45) is 0 Å². The van der Waals surface area contributed by atoms with Gasteiger partial charge < -0.3 is 14.6 Å². The number of hydrogen-bond acceptors (Lipinski definition) is 3. The summed E-state index contributed by atoms with van der Waals surface area (Å²) in [4.78, 5) is 0. The first-order chi connectivity index (χ1) is 6.24. The molecule has 1 saturated heterocycles. The first-order valence-electron chi connectivity index (χ1n) is 4.47. The van der Waals surface area contributed by atoms with Gasteiger partial charge in [-0.3, -0.25) is 0 Å². The molecular formula is C8H15BFO3. The van der Waals surface area contributed by atoms with E-state index in [2.05, 4.69) is 0 Å². The molecule has 0 aliphatic carbocycles. The molecule has 1 N–H and O–H groups in total. The van der Waals surface area contributed by atoms with Crippen molar-refractivity contribution in [2.45, 2.75) is 37.6 Å². The largest absolute Gasteiger partial charge is 0.396 e. The Kier molecular flexibility index (Phi) is 4.16. The molecule has 0 aromatic rings. The van der Waals surface area contributed by atoms with Crippen molar-refractivity contribution >= 4 is 7.28 Å². The molecule has 1 heterocycles. The fourth-order valence-electron chi connectivity index (χ4n) is 1.65. The summed E-state index contributed by atoms with van der Waals surface area (Å²) in [6, 6.07) is -0.499. The smallest absolute Gasteiger partial charge is 0.150 e. The molecule has 3 nitrogen and oxygen atoms in total. The third kappa shape index (κ3) is 2.21. The number of methoxy groups -OCH3 is 1. The SMILES string of the molecule is C[B][C@@H]1O[C@H](CCO)C(OC)[C@@H]1F. The summed E-state index contributed by atoms with van der Waals surface area (Å²) in [7, 11) is 3.14. The number of ether oxygens (including phenoxy) is 2. The van der Waals surface area contributed by atoms with E-state index >= 15 is 0 Å². The molecule has 0 aromatic carbocycles. The standard InChI is InChI=1S/C8H15BFO3/c1-9-8-6(10)7(12-2)5(13-8)3-4-11/h5-8,11H,3-4H2,1-2H3/t5-,6+,7?,8-/m1/s1. The van der Waals surface area contributed by atoms with E-state index in [4.69, 9.17) is 14.6 Å². The molecule has 0 bridgehead atoms. The van der Waals surface area contributed by atoms with Crippen LogP contribution >= 0.6 is 0 Å². The van der Waals surface area contributed by atoms with Crippen LogP contribution in [-0.4, -0.2) is 50.5 Å². The monoisotopic (exact) mass is 189 g/mol. The van der Waals surface area contributed by atoms with Gasteiger partial charge in [0.1, 0.15) is 19.6 Å². The van der Waals surface area contributed by atoms with Gasteiger partial charge in [0.15, 0.2) is 0 Å². The third-order valence-electron chi connectivity index (χ3n) is 2.34. The summed E-state index contributed by atoms with van der Waals surface area (Å²) in [5, 5.41) is 8.72. The molecule has 1 aliphatic rings. The maximum atomic E-state index is 13.5.